The highest BCUT2D eigenvalue weighted by Gasteiger charge is 2.13. The number of rotatable bonds is 5. The zero-order valence-corrected chi connectivity index (χ0v) is 15.1. The molecule has 0 saturated heterocycles. The van der Waals surface area contributed by atoms with Crippen LogP contribution in [-0.4, -0.2) is 23.4 Å². The number of carbonyl (C=O) groups is 2. The van der Waals surface area contributed by atoms with Crippen molar-refractivity contribution in [3.63, 3.8) is 0 Å². The monoisotopic (exact) mass is 372 g/mol. The topological polar surface area (TPSA) is 81.4 Å². The van der Waals surface area contributed by atoms with E-state index in [0.717, 1.165) is 22.0 Å². The van der Waals surface area contributed by atoms with Crippen molar-refractivity contribution in [2.75, 3.05) is 6.54 Å². The maximum Gasteiger partial charge on any atom is 0.325 e. The molecule has 1 amide bonds. The van der Waals surface area contributed by atoms with E-state index in [9.17, 15) is 9.59 Å². The molecular weight excluding hydrogens is 356 g/mol. The average Bonchev–Trinajstić information content (AvgIpc) is 3.16. The van der Waals surface area contributed by atoms with Crippen molar-refractivity contribution in [3.8, 4) is 0 Å². The first-order valence-corrected chi connectivity index (χ1v) is 8.36. The van der Waals surface area contributed by atoms with Gasteiger partial charge in [0.15, 0.2) is 5.76 Å². The van der Waals surface area contributed by atoms with Gasteiger partial charge in [-0.2, -0.15) is 0 Å². The molecule has 0 atom stereocenters. The van der Waals surface area contributed by atoms with Crippen molar-refractivity contribution in [2.24, 2.45) is 0 Å². The van der Waals surface area contributed by atoms with E-state index in [-0.39, 0.29) is 18.9 Å². The number of aromatic nitrogens is 1. The Hall–Kier alpha value is -2.86. The summed E-state index contributed by atoms with van der Waals surface area (Å²) >= 11 is 6.22. The normalized spacial score (nSPS) is 10.7. The van der Waals surface area contributed by atoms with Crippen LogP contribution in [0.4, 0.5) is 0 Å². The molecule has 26 heavy (non-hydrogen) atoms. The minimum absolute atomic E-state index is 0.0237. The number of hydrogen-bond donors (Lipinski definition) is 1. The molecule has 0 fully saturated rings. The summed E-state index contributed by atoms with van der Waals surface area (Å²) in [6.07, 6.45) is 1.38. The lowest BCUT2D eigenvalue weighted by Gasteiger charge is -2.10. The Morgan fingerprint density at radius 3 is 2.81 bits per heavy atom. The lowest BCUT2D eigenvalue weighted by molar-refractivity contribution is -0.143. The van der Waals surface area contributed by atoms with E-state index in [2.05, 4.69) is 10.3 Å². The third-order valence-electron chi connectivity index (χ3n) is 4.06. The van der Waals surface area contributed by atoms with Crippen molar-refractivity contribution in [3.05, 3.63) is 64.2 Å². The number of nitrogens with one attached hydrogen (secondary N) is 1. The number of carbonyl (C=O) groups excluding carboxylic acids is 2. The number of benzene rings is 1. The van der Waals surface area contributed by atoms with Crippen molar-refractivity contribution in [2.45, 2.75) is 20.5 Å². The highest BCUT2D eigenvalue weighted by atomic mass is 35.5. The van der Waals surface area contributed by atoms with Gasteiger partial charge in [-0.1, -0.05) is 23.7 Å². The van der Waals surface area contributed by atoms with Gasteiger partial charge in [-0.15, -0.1) is 0 Å². The first kappa shape index (κ1) is 17.9. The fourth-order valence-corrected chi connectivity index (χ4v) is 2.66. The van der Waals surface area contributed by atoms with Gasteiger partial charge in [0.25, 0.3) is 5.91 Å². The summed E-state index contributed by atoms with van der Waals surface area (Å²) in [4.78, 5) is 27.9. The summed E-state index contributed by atoms with van der Waals surface area (Å²) < 4.78 is 10.1. The summed E-state index contributed by atoms with van der Waals surface area (Å²) in [5, 5.41) is 3.64. The van der Waals surface area contributed by atoms with Crippen LogP contribution >= 0.6 is 11.6 Å². The van der Waals surface area contributed by atoms with E-state index in [0.29, 0.717) is 10.7 Å². The second-order valence-electron chi connectivity index (χ2n) is 5.84. The van der Waals surface area contributed by atoms with Gasteiger partial charge in [0, 0.05) is 10.9 Å². The van der Waals surface area contributed by atoms with E-state index < -0.39 is 11.9 Å². The minimum Gasteiger partial charge on any atom is -0.459 e. The molecule has 2 heterocycles. The van der Waals surface area contributed by atoms with E-state index in [1.807, 2.05) is 32.0 Å². The third-order valence-corrected chi connectivity index (χ3v) is 4.39. The highest BCUT2D eigenvalue weighted by Crippen LogP contribution is 2.25. The summed E-state index contributed by atoms with van der Waals surface area (Å²) in [7, 11) is 0. The summed E-state index contributed by atoms with van der Waals surface area (Å²) in [5.74, 6) is -0.936. The molecule has 7 heteroatoms. The number of hydrogen-bond acceptors (Lipinski definition) is 5. The number of amides is 1. The molecule has 1 aromatic carbocycles. The average molecular weight is 373 g/mol. The molecule has 0 aliphatic rings. The van der Waals surface area contributed by atoms with Crippen LogP contribution in [0.1, 0.15) is 27.2 Å². The third kappa shape index (κ3) is 3.86. The SMILES string of the molecule is Cc1ccc2cc(COC(=O)CNC(=O)c3ccco3)c(Cl)nc2c1C. The molecule has 0 radical (unpaired) electrons. The number of furan rings is 1. The molecule has 1 N–H and O–H groups in total. The molecule has 0 bridgehead atoms. The quantitative estimate of drug-likeness (QED) is 0.547. The number of ether oxygens (including phenoxy) is 1. The van der Waals surface area contributed by atoms with Crippen LogP contribution in [0.5, 0.6) is 0 Å². The summed E-state index contributed by atoms with van der Waals surface area (Å²) in [6.45, 7) is 3.71. The Kier molecular flexibility index (Phi) is 5.23. The van der Waals surface area contributed by atoms with Crippen LogP contribution in [0.25, 0.3) is 10.9 Å². The number of nitrogens with zero attached hydrogens (tertiary/aromatic N) is 1. The zero-order valence-electron chi connectivity index (χ0n) is 14.3. The van der Waals surface area contributed by atoms with Crippen molar-refractivity contribution in [1.82, 2.24) is 10.3 Å². The smallest absolute Gasteiger partial charge is 0.325 e. The molecule has 134 valence electrons. The Bertz CT molecular complexity index is 967. The lowest BCUT2D eigenvalue weighted by atomic mass is 10.0. The second kappa shape index (κ2) is 7.58. The van der Waals surface area contributed by atoms with Crippen molar-refractivity contribution in [1.29, 1.82) is 0 Å². The fourth-order valence-electron chi connectivity index (χ4n) is 2.46. The maximum atomic E-state index is 11.8. The number of pyridine rings is 1. The Labute approximate surface area is 155 Å². The molecular formula is C19H17ClN2O4. The number of aryl methyl sites for hydroxylation is 2. The fraction of sp³-hybridized carbons (Fsp3) is 0.211. The maximum absolute atomic E-state index is 11.8. The molecule has 3 aromatic rings. The minimum atomic E-state index is -0.582. The van der Waals surface area contributed by atoms with Crippen LogP contribution in [-0.2, 0) is 16.1 Å². The molecule has 0 aliphatic carbocycles. The first-order chi connectivity index (χ1) is 12.5. The molecule has 3 rings (SSSR count). The number of esters is 1. The van der Waals surface area contributed by atoms with E-state index in [1.54, 1.807) is 6.07 Å². The molecule has 0 spiro atoms. The van der Waals surface area contributed by atoms with E-state index in [4.69, 9.17) is 20.8 Å². The Balaban J connectivity index is 1.62. The van der Waals surface area contributed by atoms with Crippen molar-refractivity contribution < 1.29 is 18.7 Å². The van der Waals surface area contributed by atoms with Crippen LogP contribution in [0.2, 0.25) is 5.15 Å². The van der Waals surface area contributed by atoms with Gasteiger partial charge in [0.05, 0.1) is 11.8 Å². The zero-order chi connectivity index (χ0) is 18.7. The van der Waals surface area contributed by atoms with Crippen LogP contribution in [0.3, 0.4) is 0 Å². The van der Waals surface area contributed by atoms with E-state index in [1.165, 1.54) is 12.3 Å². The number of fused-ring (bicyclic) bond motifs is 1. The van der Waals surface area contributed by atoms with Gasteiger partial charge in [-0.05, 0) is 43.2 Å². The second-order valence-corrected chi connectivity index (χ2v) is 6.20. The van der Waals surface area contributed by atoms with Crippen LogP contribution < -0.4 is 5.32 Å². The predicted molar refractivity (Wildman–Crippen MR) is 97.1 cm³/mol. The van der Waals surface area contributed by atoms with Crippen molar-refractivity contribution >= 4 is 34.4 Å². The van der Waals surface area contributed by atoms with Gasteiger partial charge < -0.3 is 14.5 Å². The van der Waals surface area contributed by atoms with Gasteiger partial charge in [-0.25, -0.2) is 4.98 Å². The largest absolute Gasteiger partial charge is 0.459 e. The molecule has 0 unspecified atom stereocenters. The molecule has 0 aliphatic heterocycles. The number of halogens is 1. The lowest BCUT2D eigenvalue weighted by Crippen LogP contribution is -2.30. The van der Waals surface area contributed by atoms with Gasteiger partial charge in [0.2, 0.25) is 0 Å². The Morgan fingerprint density at radius 2 is 2.08 bits per heavy atom. The molecule has 2 aromatic heterocycles. The van der Waals surface area contributed by atoms with Gasteiger partial charge in [0.1, 0.15) is 18.3 Å². The summed E-state index contributed by atoms with van der Waals surface area (Å²) in [5.41, 5.74) is 3.63. The molecule has 6 nitrogen and oxygen atoms in total. The van der Waals surface area contributed by atoms with Gasteiger partial charge >= 0.3 is 5.97 Å². The van der Waals surface area contributed by atoms with Crippen LogP contribution in [0, 0.1) is 13.8 Å². The standard InChI is InChI=1S/C19H17ClN2O4/c1-11-5-6-13-8-14(18(20)22-17(13)12(11)2)10-26-16(23)9-21-19(24)15-4-3-7-25-15/h3-8H,9-10H2,1-2H3,(H,21,24). The summed E-state index contributed by atoms with van der Waals surface area (Å²) in [6, 6.07) is 8.91. The Morgan fingerprint density at radius 1 is 1.27 bits per heavy atom. The molecule has 0 saturated carbocycles. The van der Waals surface area contributed by atoms with Crippen LogP contribution in [0.15, 0.2) is 41.0 Å². The van der Waals surface area contributed by atoms with Gasteiger partial charge in [-0.3, -0.25) is 9.59 Å². The first-order valence-electron chi connectivity index (χ1n) is 7.98. The predicted octanol–water partition coefficient (Wildman–Crippen LogP) is 3.57. The van der Waals surface area contributed by atoms with E-state index >= 15 is 0 Å². The highest BCUT2D eigenvalue weighted by molar-refractivity contribution is 6.30.